The third kappa shape index (κ3) is 11.0. The summed E-state index contributed by atoms with van der Waals surface area (Å²) in [6.45, 7) is 16.0. The second kappa shape index (κ2) is 7.46. The molecule has 0 rings (SSSR count). The number of rotatable bonds is 7. The van der Waals surface area contributed by atoms with E-state index >= 15 is 0 Å². The Balaban J connectivity index is 4.38. The first-order valence-electron chi connectivity index (χ1n) is 7.10. The van der Waals surface area contributed by atoms with Gasteiger partial charge >= 0.3 is 0 Å². The zero-order valence-electron chi connectivity index (χ0n) is 13.5. The molecule has 3 nitrogen and oxygen atoms in total. The Morgan fingerprint density at radius 3 is 2.06 bits per heavy atom. The molecule has 0 saturated carbocycles. The minimum Gasteiger partial charge on any atom is -0.371 e. The van der Waals surface area contributed by atoms with E-state index in [0.717, 1.165) is 32.5 Å². The maximum atomic E-state index is 6.19. The Morgan fingerprint density at radius 2 is 1.67 bits per heavy atom. The molecule has 0 aliphatic carbocycles. The van der Waals surface area contributed by atoms with Crippen molar-refractivity contribution < 1.29 is 4.74 Å². The minimum atomic E-state index is -0.0787. The number of nitrogens with zero attached hydrogens (tertiary/aromatic N) is 1. The first kappa shape index (κ1) is 17.9. The fraction of sp³-hybridized carbons (Fsp3) is 1.00. The maximum Gasteiger partial charge on any atom is 0.0713 e. The summed E-state index contributed by atoms with van der Waals surface area (Å²) in [5.74, 6) is 0. The second-order valence-corrected chi connectivity index (χ2v) is 7.52. The van der Waals surface area contributed by atoms with Crippen LogP contribution < -0.4 is 5.73 Å². The molecule has 110 valence electrons. The fourth-order valence-corrected chi connectivity index (χ4v) is 2.13. The van der Waals surface area contributed by atoms with E-state index in [1.54, 1.807) is 0 Å². The normalized spacial score (nSPS) is 15.2. The lowest BCUT2D eigenvalue weighted by atomic mass is 9.88. The van der Waals surface area contributed by atoms with Crippen molar-refractivity contribution >= 4 is 0 Å². The van der Waals surface area contributed by atoms with Crippen LogP contribution in [0.15, 0.2) is 0 Å². The van der Waals surface area contributed by atoms with Crippen LogP contribution in [0.25, 0.3) is 0 Å². The number of nitrogens with two attached hydrogens (primary N) is 1. The molecule has 0 aliphatic rings. The Hall–Kier alpha value is -0.120. The highest BCUT2D eigenvalue weighted by Gasteiger charge is 2.25. The van der Waals surface area contributed by atoms with Gasteiger partial charge in [-0.1, -0.05) is 20.8 Å². The van der Waals surface area contributed by atoms with Gasteiger partial charge in [0.1, 0.15) is 0 Å². The highest BCUT2D eigenvalue weighted by Crippen LogP contribution is 2.25. The third-order valence-electron chi connectivity index (χ3n) is 2.62. The molecular formula is C15H34N2O. The molecule has 0 aromatic heterocycles. The molecule has 0 spiro atoms. The summed E-state index contributed by atoms with van der Waals surface area (Å²) in [5.41, 5.74) is 5.77. The SMILES string of the molecule is CN(CCCN)CC(CC(C)(C)C)OC(C)(C)C. The van der Waals surface area contributed by atoms with Gasteiger partial charge in [-0.3, -0.25) is 0 Å². The summed E-state index contributed by atoms with van der Waals surface area (Å²) in [7, 11) is 2.15. The lowest BCUT2D eigenvalue weighted by Crippen LogP contribution is -2.39. The molecule has 18 heavy (non-hydrogen) atoms. The van der Waals surface area contributed by atoms with Crippen molar-refractivity contribution in [1.29, 1.82) is 0 Å². The largest absolute Gasteiger partial charge is 0.371 e. The summed E-state index contributed by atoms with van der Waals surface area (Å²) in [5, 5.41) is 0. The average Bonchev–Trinajstić information content (AvgIpc) is 2.08. The molecule has 0 aliphatic heterocycles. The van der Waals surface area contributed by atoms with Crippen molar-refractivity contribution in [3.05, 3.63) is 0 Å². The smallest absolute Gasteiger partial charge is 0.0713 e. The van der Waals surface area contributed by atoms with Crippen molar-refractivity contribution in [1.82, 2.24) is 4.90 Å². The summed E-state index contributed by atoms with van der Waals surface area (Å²) in [6, 6.07) is 0. The fourth-order valence-electron chi connectivity index (χ4n) is 2.13. The lowest BCUT2D eigenvalue weighted by Gasteiger charge is -2.34. The molecule has 0 saturated heterocycles. The van der Waals surface area contributed by atoms with E-state index < -0.39 is 0 Å². The molecule has 0 aromatic rings. The monoisotopic (exact) mass is 258 g/mol. The summed E-state index contributed by atoms with van der Waals surface area (Å²) in [6.07, 6.45) is 2.42. The van der Waals surface area contributed by atoms with Gasteiger partial charge in [0.25, 0.3) is 0 Å². The number of hydrogen-bond acceptors (Lipinski definition) is 3. The van der Waals surface area contributed by atoms with Crippen LogP contribution in [-0.4, -0.2) is 43.3 Å². The first-order chi connectivity index (χ1) is 8.03. The summed E-state index contributed by atoms with van der Waals surface area (Å²) in [4.78, 5) is 2.33. The molecule has 0 heterocycles. The van der Waals surface area contributed by atoms with Crippen molar-refractivity contribution in [2.45, 2.75) is 66.1 Å². The van der Waals surface area contributed by atoms with Gasteiger partial charge in [0.15, 0.2) is 0 Å². The molecule has 0 radical (unpaired) electrons. The van der Waals surface area contributed by atoms with Crippen LogP contribution in [-0.2, 0) is 4.74 Å². The molecule has 0 amide bonds. The van der Waals surface area contributed by atoms with Crippen LogP contribution in [0, 0.1) is 5.41 Å². The van der Waals surface area contributed by atoms with Gasteiger partial charge in [-0.25, -0.2) is 0 Å². The summed E-state index contributed by atoms with van der Waals surface area (Å²) < 4.78 is 6.19. The van der Waals surface area contributed by atoms with Crippen LogP contribution in [0.4, 0.5) is 0 Å². The van der Waals surface area contributed by atoms with E-state index in [9.17, 15) is 0 Å². The number of likely N-dealkylation sites (N-methyl/N-ethyl adjacent to an activating group) is 1. The second-order valence-electron chi connectivity index (χ2n) is 7.52. The average molecular weight is 258 g/mol. The number of ether oxygens (including phenoxy) is 1. The van der Waals surface area contributed by atoms with E-state index in [1.807, 2.05) is 0 Å². The van der Waals surface area contributed by atoms with E-state index in [4.69, 9.17) is 10.5 Å². The van der Waals surface area contributed by atoms with E-state index in [0.29, 0.717) is 5.41 Å². The van der Waals surface area contributed by atoms with Crippen molar-refractivity contribution in [3.8, 4) is 0 Å². The predicted molar refractivity (Wildman–Crippen MR) is 79.9 cm³/mol. The van der Waals surface area contributed by atoms with Gasteiger partial charge in [0.2, 0.25) is 0 Å². The molecule has 0 bridgehead atoms. The Labute approximate surface area is 114 Å². The predicted octanol–water partition coefficient (Wildman–Crippen LogP) is 2.89. The highest BCUT2D eigenvalue weighted by atomic mass is 16.5. The Kier molecular flexibility index (Phi) is 7.41. The van der Waals surface area contributed by atoms with E-state index in [1.165, 1.54) is 0 Å². The maximum absolute atomic E-state index is 6.19. The highest BCUT2D eigenvalue weighted by molar-refractivity contribution is 4.75. The molecule has 2 N–H and O–H groups in total. The molecule has 1 atom stereocenters. The van der Waals surface area contributed by atoms with Crippen LogP contribution in [0.5, 0.6) is 0 Å². The third-order valence-corrected chi connectivity index (χ3v) is 2.62. The van der Waals surface area contributed by atoms with Gasteiger partial charge < -0.3 is 15.4 Å². The van der Waals surface area contributed by atoms with Crippen molar-refractivity contribution in [3.63, 3.8) is 0 Å². The number of hydrogen-bond donors (Lipinski definition) is 1. The minimum absolute atomic E-state index is 0.0787. The van der Waals surface area contributed by atoms with Crippen LogP contribution in [0.1, 0.15) is 54.4 Å². The van der Waals surface area contributed by atoms with Crippen LogP contribution in [0.3, 0.4) is 0 Å². The Bertz CT molecular complexity index is 200. The Morgan fingerprint density at radius 1 is 1.11 bits per heavy atom. The summed E-state index contributed by atoms with van der Waals surface area (Å²) >= 11 is 0. The van der Waals surface area contributed by atoms with E-state index in [2.05, 4.69) is 53.5 Å². The molecular weight excluding hydrogens is 224 g/mol. The molecule has 1 unspecified atom stereocenters. The first-order valence-corrected chi connectivity index (χ1v) is 7.10. The zero-order valence-corrected chi connectivity index (χ0v) is 13.5. The molecule has 0 fully saturated rings. The van der Waals surface area contributed by atoms with Gasteiger partial charge in [-0.2, -0.15) is 0 Å². The van der Waals surface area contributed by atoms with Gasteiger partial charge in [-0.15, -0.1) is 0 Å². The molecule has 0 aromatic carbocycles. The van der Waals surface area contributed by atoms with Gasteiger partial charge in [-0.05, 0) is 59.2 Å². The van der Waals surface area contributed by atoms with Crippen LogP contribution in [0.2, 0.25) is 0 Å². The standard InChI is InChI=1S/C15H34N2O/c1-14(2,3)11-13(18-15(4,5)6)12-17(7)10-8-9-16/h13H,8-12,16H2,1-7H3. The van der Waals surface area contributed by atoms with Crippen molar-refractivity contribution in [2.24, 2.45) is 11.1 Å². The van der Waals surface area contributed by atoms with Gasteiger partial charge in [0, 0.05) is 6.54 Å². The lowest BCUT2D eigenvalue weighted by molar-refractivity contribution is -0.0831. The topological polar surface area (TPSA) is 38.5 Å². The zero-order chi connectivity index (χ0) is 14.4. The van der Waals surface area contributed by atoms with Crippen molar-refractivity contribution in [2.75, 3.05) is 26.7 Å². The van der Waals surface area contributed by atoms with Crippen LogP contribution >= 0.6 is 0 Å². The van der Waals surface area contributed by atoms with Gasteiger partial charge in [0.05, 0.1) is 11.7 Å². The van der Waals surface area contributed by atoms with E-state index in [-0.39, 0.29) is 11.7 Å². The quantitative estimate of drug-likeness (QED) is 0.763. The molecule has 3 heteroatoms.